The van der Waals surface area contributed by atoms with Gasteiger partial charge in [-0.2, -0.15) is 12.6 Å². The van der Waals surface area contributed by atoms with Crippen molar-refractivity contribution in [3.05, 3.63) is 36.0 Å². The molecule has 12 nitrogen and oxygen atoms in total. The Bertz CT molecular complexity index is 1060. The van der Waals surface area contributed by atoms with Crippen LogP contribution < -0.4 is 21.7 Å². The Balaban J connectivity index is 2.25. The molecular weight excluding hydrogens is 466 g/mol. The molecule has 2 rings (SSSR count). The molecule has 3 atom stereocenters. The van der Waals surface area contributed by atoms with Crippen molar-refractivity contribution in [1.29, 1.82) is 0 Å². The fraction of sp³-hybridized carbons (Fsp3) is 0.381. The average molecular weight is 494 g/mol. The summed E-state index contributed by atoms with van der Waals surface area (Å²) in [6.45, 7) is -0.704. The largest absolute Gasteiger partial charge is 0.481 e. The molecule has 0 fully saturated rings. The summed E-state index contributed by atoms with van der Waals surface area (Å²) in [5.41, 5.74) is 7.25. The van der Waals surface area contributed by atoms with E-state index in [2.05, 4.69) is 33.6 Å². The summed E-state index contributed by atoms with van der Waals surface area (Å²) >= 11 is 3.99. The van der Waals surface area contributed by atoms with E-state index >= 15 is 0 Å². The predicted molar refractivity (Wildman–Crippen MR) is 125 cm³/mol. The number of carbonyl (C=O) groups is 5. The van der Waals surface area contributed by atoms with E-state index in [-0.39, 0.29) is 18.6 Å². The maximum absolute atomic E-state index is 13.1. The van der Waals surface area contributed by atoms with Crippen LogP contribution in [0, 0.1) is 0 Å². The van der Waals surface area contributed by atoms with Gasteiger partial charge in [0.2, 0.25) is 17.7 Å². The van der Waals surface area contributed by atoms with Crippen molar-refractivity contribution < 1.29 is 34.2 Å². The zero-order chi connectivity index (χ0) is 25.3. The molecule has 3 unspecified atom stereocenters. The Morgan fingerprint density at radius 3 is 2.29 bits per heavy atom. The molecule has 0 bridgehead atoms. The summed E-state index contributed by atoms with van der Waals surface area (Å²) in [4.78, 5) is 62.7. The molecule has 0 saturated carbocycles. The maximum Gasteiger partial charge on any atom is 0.322 e. The van der Waals surface area contributed by atoms with Gasteiger partial charge in [0.1, 0.15) is 18.6 Å². The number of H-pyrrole nitrogens is 1. The van der Waals surface area contributed by atoms with Gasteiger partial charge in [-0.15, -0.1) is 0 Å². The van der Waals surface area contributed by atoms with Gasteiger partial charge in [-0.05, 0) is 18.1 Å². The number of aliphatic carboxylic acids is 2. The van der Waals surface area contributed by atoms with E-state index in [1.165, 1.54) is 0 Å². The number of aromatic nitrogens is 1. The number of hydrogen-bond donors (Lipinski definition) is 8. The Morgan fingerprint density at radius 1 is 0.971 bits per heavy atom. The summed E-state index contributed by atoms with van der Waals surface area (Å²) in [6, 6.07) is 3.87. The first-order chi connectivity index (χ1) is 16.1. The Hall–Kier alpha value is -3.58. The fourth-order valence-corrected chi connectivity index (χ4v) is 3.35. The molecule has 0 radical (unpaired) electrons. The lowest BCUT2D eigenvalue weighted by atomic mass is 10.0. The van der Waals surface area contributed by atoms with Gasteiger partial charge in [0.15, 0.2) is 0 Å². The summed E-state index contributed by atoms with van der Waals surface area (Å²) in [5, 5.41) is 25.7. The first kappa shape index (κ1) is 26.7. The Kier molecular flexibility index (Phi) is 9.89. The fourth-order valence-electron chi connectivity index (χ4n) is 3.19. The van der Waals surface area contributed by atoms with Crippen LogP contribution in [0.3, 0.4) is 0 Å². The number of rotatable bonds is 13. The Morgan fingerprint density at radius 2 is 1.65 bits per heavy atom. The van der Waals surface area contributed by atoms with Crippen LogP contribution in [0.4, 0.5) is 0 Å². The van der Waals surface area contributed by atoms with Gasteiger partial charge in [-0.25, -0.2) is 0 Å². The summed E-state index contributed by atoms with van der Waals surface area (Å²) < 4.78 is 0. The van der Waals surface area contributed by atoms with E-state index < -0.39 is 60.8 Å². The molecule has 0 aliphatic rings. The highest BCUT2D eigenvalue weighted by molar-refractivity contribution is 7.80. The van der Waals surface area contributed by atoms with Crippen LogP contribution in [-0.2, 0) is 30.4 Å². The number of hydrogen-bond acceptors (Lipinski definition) is 7. The minimum atomic E-state index is -1.33. The van der Waals surface area contributed by atoms with Crippen LogP contribution in [0.25, 0.3) is 10.9 Å². The summed E-state index contributed by atoms with van der Waals surface area (Å²) in [6.07, 6.45) is 1.01. The third-order valence-corrected chi connectivity index (χ3v) is 5.35. The molecule has 1 heterocycles. The Labute approximate surface area is 200 Å². The number of carbonyl (C=O) groups excluding carboxylic acids is 3. The van der Waals surface area contributed by atoms with Crippen LogP contribution in [-0.4, -0.2) is 75.3 Å². The summed E-state index contributed by atoms with van der Waals surface area (Å²) in [5.74, 6) is -4.72. The maximum atomic E-state index is 13.1. The van der Waals surface area contributed by atoms with Gasteiger partial charge >= 0.3 is 11.9 Å². The second-order valence-corrected chi connectivity index (χ2v) is 7.88. The molecule has 2 aromatic rings. The van der Waals surface area contributed by atoms with E-state index in [1.807, 2.05) is 24.3 Å². The number of para-hydroxylation sites is 1. The monoisotopic (exact) mass is 493 g/mol. The first-order valence-electron chi connectivity index (χ1n) is 10.4. The van der Waals surface area contributed by atoms with Gasteiger partial charge < -0.3 is 36.9 Å². The van der Waals surface area contributed by atoms with E-state index in [9.17, 15) is 24.0 Å². The molecular formula is C21H27N5O7S. The minimum absolute atomic E-state index is 0.0338. The van der Waals surface area contributed by atoms with Gasteiger partial charge in [-0.1, -0.05) is 18.2 Å². The number of benzene rings is 1. The molecule has 3 amide bonds. The van der Waals surface area contributed by atoms with Crippen LogP contribution in [0.5, 0.6) is 0 Å². The van der Waals surface area contributed by atoms with Gasteiger partial charge in [0.25, 0.3) is 0 Å². The van der Waals surface area contributed by atoms with Crippen molar-refractivity contribution in [2.24, 2.45) is 5.73 Å². The zero-order valence-corrected chi connectivity index (χ0v) is 19.0. The molecule has 8 N–H and O–H groups in total. The van der Waals surface area contributed by atoms with Gasteiger partial charge in [0.05, 0.1) is 6.04 Å². The number of amides is 3. The molecule has 34 heavy (non-hydrogen) atoms. The molecule has 1 aromatic heterocycles. The second-order valence-electron chi connectivity index (χ2n) is 7.52. The molecule has 13 heteroatoms. The van der Waals surface area contributed by atoms with Crippen LogP contribution in [0.1, 0.15) is 18.4 Å². The quantitative estimate of drug-likeness (QED) is 0.162. The normalized spacial score (nSPS) is 13.5. The van der Waals surface area contributed by atoms with Gasteiger partial charge in [-0.3, -0.25) is 24.0 Å². The number of aromatic amines is 1. The van der Waals surface area contributed by atoms with Gasteiger partial charge in [0, 0.05) is 35.7 Å². The molecule has 184 valence electrons. The highest BCUT2D eigenvalue weighted by Gasteiger charge is 2.29. The number of fused-ring (bicyclic) bond motifs is 1. The second kappa shape index (κ2) is 12.6. The van der Waals surface area contributed by atoms with Crippen molar-refractivity contribution in [3.63, 3.8) is 0 Å². The number of nitrogens with one attached hydrogen (secondary N) is 4. The molecule has 0 spiro atoms. The van der Waals surface area contributed by atoms with Crippen LogP contribution in [0.15, 0.2) is 30.5 Å². The lowest BCUT2D eigenvalue weighted by Gasteiger charge is -2.23. The van der Waals surface area contributed by atoms with Crippen molar-refractivity contribution in [3.8, 4) is 0 Å². The van der Waals surface area contributed by atoms with Crippen molar-refractivity contribution >= 4 is 53.2 Å². The zero-order valence-electron chi connectivity index (χ0n) is 18.1. The van der Waals surface area contributed by atoms with Crippen molar-refractivity contribution in [1.82, 2.24) is 20.9 Å². The average Bonchev–Trinajstić information content (AvgIpc) is 3.21. The number of carboxylic acids is 2. The van der Waals surface area contributed by atoms with Crippen molar-refractivity contribution in [2.75, 3.05) is 12.3 Å². The minimum Gasteiger partial charge on any atom is -0.481 e. The molecule has 0 aliphatic heterocycles. The number of nitrogens with two attached hydrogens (primary N) is 1. The van der Waals surface area contributed by atoms with E-state index in [4.69, 9.17) is 15.9 Å². The highest BCUT2D eigenvalue weighted by atomic mass is 32.1. The highest BCUT2D eigenvalue weighted by Crippen LogP contribution is 2.19. The van der Waals surface area contributed by atoms with E-state index in [0.29, 0.717) is 5.56 Å². The smallest absolute Gasteiger partial charge is 0.322 e. The summed E-state index contributed by atoms with van der Waals surface area (Å²) in [7, 11) is 0. The number of thiol groups is 1. The third-order valence-electron chi connectivity index (χ3n) is 4.96. The lowest BCUT2D eigenvalue weighted by Crippen LogP contribution is -2.57. The van der Waals surface area contributed by atoms with Crippen LogP contribution >= 0.6 is 12.6 Å². The lowest BCUT2D eigenvalue weighted by molar-refractivity contribution is -0.140. The van der Waals surface area contributed by atoms with Crippen LogP contribution in [0.2, 0.25) is 0 Å². The standard InChI is InChI=1S/C21H27N5O7S/c22-13(10-34)19(31)26-16(7-11-8-23-14-4-2-1-3-12(11)14)21(33)25-15(5-6-17(27)28)20(32)24-9-18(29)30/h1-4,8,13,15-16,23,34H,5-7,9-10,22H2,(H,24,32)(H,25,33)(H,26,31)(H,27,28)(H,29,30). The molecule has 1 aromatic carbocycles. The van der Waals surface area contributed by atoms with Crippen molar-refractivity contribution in [2.45, 2.75) is 37.4 Å². The number of carboxylic acid groups (broad SMARTS) is 2. The first-order valence-corrected chi connectivity index (χ1v) is 11.0. The molecule has 0 aliphatic carbocycles. The SMILES string of the molecule is NC(CS)C(=O)NC(Cc1c[nH]c2ccccc12)C(=O)NC(CCC(=O)O)C(=O)NCC(=O)O. The van der Waals surface area contributed by atoms with E-state index in [1.54, 1.807) is 6.20 Å². The molecule has 0 saturated heterocycles. The van der Waals surface area contributed by atoms with E-state index in [0.717, 1.165) is 10.9 Å². The predicted octanol–water partition coefficient (Wildman–Crippen LogP) is -0.997. The third kappa shape index (κ3) is 7.78. The topological polar surface area (TPSA) is 204 Å².